The number of rotatable bonds is 4. The van der Waals surface area contributed by atoms with Gasteiger partial charge in [0.2, 0.25) is 0 Å². The molecule has 0 saturated heterocycles. The van der Waals surface area contributed by atoms with E-state index in [1.165, 1.54) is 28.2 Å². The van der Waals surface area contributed by atoms with Crippen molar-refractivity contribution in [2.24, 2.45) is 0 Å². The Kier molecular flexibility index (Phi) is 4.76. The van der Waals surface area contributed by atoms with Crippen LogP contribution in [-0.4, -0.2) is 11.0 Å². The number of hydrogen-bond donors (Lipinski definition) is 0. The lowest BCUT2D eigenvalue weighted by Crippen LogP contribution is -2.04. The predicted octanol–water partition coefficient (Wildman–Crippen LogP) is 6.34. The standard InChI is InChI=1S/C20H14ClNO2S2/c1-12-6-8-13(9-7-12)19-22-14(11-25-19)10-24-20(23)18-17(21)15-4-2-3-5-16(15)26-18/h2-9,11H,10H2,1H3. The van der Waals surface area contributed by atoms with Crippen LogP contribution in [0.2, 0.25) is 5.02 Å². The predicted molar refractivity (Wildman–Crippen MR) is 108 cm³/mol. The molecule has 0 aliphatic rings. The molecule has 6 heteroatoms. The number of ether oxygens (including phenoxy) is 1. The van der Waals surface area contributed by atoms with Gasteiger partial charge in [-0.15, -0.1) is 22.7 Å². The average molecular weight is 400 g/mol. The second-order valence-electron chi connectivity index (χ2n) is 5.83. The number of halogens is 1. The normalized spacial score (nSPS) is 11.0. The molecule has 0 N–H and O–H groups in total. The van der Waals surface area contributed by atoms with E-state index in [-0.39, 0.29) is 6.61 Å². The lowest BCUT2D eigenvalue weighted by atomic mass is 10.2. The number of hydrogen-bond acceptors (Lipinski definition) is 5. The Morgan fingerprint density at radius 1 is 1.15 bits per heavy atom. The summed E-state index contributed by atoms with van der Waals surface area (Å²) in [6.45, 7) is 2.18. The van der Waals surface area contributed by atoms with Crippen molar-refractivity contribution in [1.29, 1.82) is 0 Å². The molecule has 3 nitrogen and oxygen atoms in total. The quantitative estimate of drug-likeness (QED) is 0.375. The molecule has 2 aromatic heterocycles. The molecular formula is C20H14ClNO2S2. The maximum Gasteiger partial charge on any atom is 0.350 e. The zero-order chi connectivity index (χ0) is 18.1. The first-order valence-electron chi connectivity index (χ1n) is 7.97. The van der Waals surface area contributed by atoms with Gasteiger partial charge < -0.3 is 4.74 Å². The molecule has 0 spiro atoms. The average Bonchev–Trinajstić information content (AvgIpc) is 3.26. The van der Waals surface area contributed by atoms with Gasteiger partial charge in [0.05, 0.1) is 10.7 Å². The molecule has 0 saturated carbocycles. The van der Waals surface area contributed by atoms with E-state index in [9.17, 15) is 4.79 Å². The Hall–Kier alpha value is -2.21. The summed E-state index contributed by atoms with van der Waals surface area (Å²) < 4.78 is 6.40. The van der Waals surface area contributed by atoms with Crippen molar-refractivity contribution in [3.05, 3.63) is 75.1 Å². The van der Waals surface area contributed by atoms with Crippen molar-refractivity contribution in [1.82, 2.24) is 4.98 Å². The molecule has 2 aromatic carbocycles. The molecule has 0 unspecified atom stereocenters. The summed E-state index contributed by atoms with van der Waals surface area (Å²) in [4.78, 5) is 17.4. The first-order chi connectivity index (χ1) is 12.6. The fourth-order valence-corrected chi connectivity index (χ4v) is 4.76. The third-order valence-electron chi connectivity index (χ3n) is 3.92. The largest absolute Gasteiger partial charge is 0.455 e. The molecule has 0 fully saturated rings. The fraction of sp³-hybridized carbons (Fsp3) is 0.100. The molecule has 2 heterocycles. The number of thiophene rings is 1. The number of benzene rings is 2. The molecule has 4 rings (SSSR count). The maximum atomic E-state index is 12.4. The summed E-state index contributed by atoms with van der Waals surface area (Å²) in [6, 6.07) is 15.9. The van der Waals surface area contributed by atoms with Gasteiger partial charge in [-0.1, -0.05) is 59.6 Å². The third-order valence-corrected chi connectivity index (χ3v) is 6.52. The van der Waals surface area contributed by atoms with Crippen LogP contribution in [0.5, 0.6) is 0 Å². The highest BCUT2D eigenvalue weighted by molar-refractivity contribution is 7.21. The van der Waals surface area contributed by atoms with Gasteiger partial charge in [-0.25, -0.2) is 9.78 Å². The lowest BCUT2D eigenvalue weighted by Gasteiger charge is -2.01. The van der Waals surface area contributed by atoms with Crippen molar-refractivity contribution in [2.75, 3.05) is 0 Å². The van der Waals surface area contributed by atoms with Crippen LogP contribution in [0.25, 0.3) is 20.7 Å². The summed E-state index contributed by atoms with van der Waals surface area (Å²) in [5.74, 6) is -0.416. The zero-order valence-electron chi connectivity index (χ0n) is 13.9. The first-order valence-corrected chi connectivity index (χ1v) is 10.0. The number of nitrogens with zero attached hydrogens (tertiary/aromatic N) is 1. The van der Waals surface area contributed by atoms with Crippen LogP contribution in [0.1, 0.15) is 20.9 Å². The smallest absolute Gasteiger partial charge is 0.350 e. The van der Waals surface area contributed by atoms with E-state index in [1.54, 1.807) is 0 Å². The van der Waals surface area contributed by atoms with Crippen molar-refractivity contribution in [3.8, 4) is 10.6 Å². The highest BCUT2D eigenvalue weighted by Crippen LogP contribution is 2.35. The molecule has 0 atom stereocenters. The minimum absolute atomic E-state index is 0.131. The fourth-order valence-electron chi connectivity index (χ4n) is 2.55. The van der Waals surface area contributed by atoms with Gasteiger partial charge in [0.1, 0.15) is 16.5 Å². The summed E-state index contributed by atoms with van der Waals surface area (Å²) >= 11 is 9.21. The van der Waals surface area contributed by atoms with Crippen LogP contribution in [0.3, 0.4) is 0 Å². The van der Waals surface area contributed by atoms with Gasteiger partial charge in [0, 0.05) is 21.0 Å². The van der Waals surface area contributed by atoms with E-state index in [2.05, 4.69) is 24.0 Å². The van der Waals surface area contributed by atoms with Gasteiger partial charge >= 0.3 is 5.97 Å². The highest BCUT2D eigenvalue weighted by Gasteiger charge is 2.18. The maximum absolute atomic E-state index is 12.4. The second kappa shape index (κ2) is 7.19. The zero-order valence-corrected chi connectivity index (χ0v) is 16.3. The number of carbonyl (C=O) groups is 1. The second-order valence-corrected chi connectivity index (χ2v) is 8.12. The molecule has 0 radical (unpaired) electrons. The minimum Gasteiger partial charge on any atom is -0.455 e. The third kappa shape index (κ3) is 3.38. The topological polar surface area (TPSA) is 39.2 Å². The van der Waals surface area contributed by atoms with Crippen molar-refractivity contribution in [2.45, 2.75) is 13.5 Å². The highest BCUT2D eigenvalue weighted by atomic mass is 35.5. The van der Waals surface area contributed by atoms with Crippen molar-refractivity contribution in [3.63, 3.8) is 0 Å². The Balaban J connectivity index is 1.47. The van der Waals surface area contributed by atoms with Crippen LogP contribution in [0.15, 0.2) is 53.9 Å². The van der Waals surface area contributed by atoms with E-state index >= 15 is 0 Å². The molecular weight excluding hydrogens is 386 g/mol. The lowest BCUT2D eigenvalue weighted by molar-refractivity contribution is 0.0474. The Morgan fingerprint density at radius 3 is 2.69 bits per heavy atom. The molecule has 0 amide bonds. The minimum atomic E-state index is -0.416. The van der Waals surface area contributed by atoms with Crippen LogP contribution < -0.4 is 0 Å². The Morgan fingerprint density at radius 2 is 1.92 bits per heavy atom. The number of aromatic nitrogens is 1. The van der Waals surface area contributed by atoms with Crippen molar-refractivity contribution >= 4 is 50.3 Å². The Bertz CT molecular complexity index is 1080. The van der Waals surface area contributed by atoms with Crippen LogP contribution in [0.4, 0.5) is 0 Å². The van der Waals surface area contributed by atoms with Crippen LogP contribution >= 0.6 is 34.3 Å². The Labute approximate surface area is 163 Å². The number of thiazole rings is 1. The summed E-state index contributed by atoms with van der Waals surface area (Å²) in [7, 11) is 0. The number of esters is 1. The van der Waals surface area contributed by atoms with E-state index in [0.717, 1.165) is 26.4 Å². The molecule has 4 aromatic rings. The summed E-state index contributed by atoms with van der Waals surface area (Å²) in [5.41, 5.74) is 3.00. The molecule has 26 heavy (non-hydrogen) atoms. The molecule has 0 aliphatic carbocycles. The van der Waals surface area contributed by atoms with Gasteiger partial charge in [-0.3, -0.25) is 0 Å². The molecule has 0 bridgehead atoms. The first kappa shape index (κ1) is 17.2. The van der Waals surface area contributed by atoms with Crippen LogP contribution in [0, 0.1) is 6.92 Å². The summed E-state index contributed by atoms with van der Waals surface area (Å²) in [5, 5.41) is 4.15. The van der Waals surface area contributed by atoms with E-state index in [0.29, 0.717) is 9.90 Å². The number of aryl methyl sites for hydroxylation is 1. The van der Waals surface area contributed by atoms with Gasteiger partial charge in [-0.05, 0) is 13.0 Å². The SMILES string of the molecule is Cc1ccc(-c2nc(COC(=O)c3sc4ccccc4c3Cl)cs2)cc1. The van der Waals surface area contributed by atoms with Gasteiger partial charge in [0.15, 0.2) is 0 Å². The van der Waals surface area contributed by atoms with E-state index in [4.69, 9.17) is 16.3 Å². The summed E-state index contributed by atoms with van der Waals surface area (Å²) in [6.07, 6.45) is 0. The van der Waals surface area contributed by atoms with Crippen molar-refractivity contribution < 1.29 is 9.53 Å². The van der Waals surface area contributed by atoms with Crippen LogP contribution in [-0.2, 0) is 11.3 Å². The number of fused-ring (bicyclic) bond motifs is 1. The molecule has 130 valence electrons. The van der Waals surface area contributed by atoms with E-state index < -0.39 is 5.97 Å². The molecule has 0 aliphatic heterocycles. The number of carbonyl (C=O) groups excluding carboxylic acids is 1. The van der Waals surface area contributed by atoms with Gasteiger partial charge in [0.25, 0.3) is 0 Å². The van der Waals surface area contributed by atoms with Gasteiger partial charge in [-0.2, -0.15) is 0 Å². The van der Waals surface area contributed by atoms with E-state index in [1.807, 2.05) is 41.8 Å². The monoisotopic (exact) mass is 399 g/mol.